The molecule has 0 radical (unpaired) electrons. The van der Waals surface area contributed by atoms with Gasteiger partial charge in [0.05, 0.1) is 8.59 Å². The van der Waals surface area contributed by atoms with Gasteiger partial charge in [-0.15, -0.1) is 12.4 Å². The Bertz CT molecular complexity index is 399. The summed E-state index contributed by atoms with van der Waals surface area (Å²) in [7, 11) is 0. The molecule has 0 aliphatic carbocycles. The summed E-state index contributed by atoms with van der Waals surface area (Å²) in [6.45, 7) is 0. The molecule has 2 heterocycles. The van der Waals surface area contributed by atoms with Gasteiger partial charge in [-0.3, -0.25) is 0 Å². The molecule has 2 rings (SSSR count). The molecule has 0 aromatic carbocycles. The third-order valence-corrected chi connectivity index (χ3v) is 2.41. The van der Waals surface area contributed by atoms with Crippen LogP contribution < -0.4 is 0 Å². The van der Waals surface area contributed by atoms with E-state index in [2.05, 4.69) is 27.6 Å². The van der Waals surface area contributed by atoms with E-state index >= 15 is 0 Å². The molecule has 0 amide bonds. The molecule has 0 saturated carbocycles. The highest BCUT2D eigenvalue weighted by atomic mass is 127. The van der Waals surface area contributed by atoms with Gasteiger partial charge in [-0.2, -0.15) is 0 Å². The third-order valence-electron chi connectivity index (χ3n) is 1.41. The molecule has 0 aliphatic heterocycles. The maximum absolute atomic E-state index is 5.83. The molecule has 0 aliphatic rings. The lowest BCUT2D eigenvalue weighted by Crippen LogP contribution is -1.85. The van der Waals surface area contributed by atoms with Crippen molar-refractivity contribution in [2.45, 2.75) is 0 Å². The van der Waals surface area contributed by atoms with Crippen LogP contribution in [0.25, 0.3) is 5.65 Å². The summed E-state index contributed by atoms with van der Waals surface area (Å²) in [5.74, 6) is 0. The Morgan fingerprint density at radius 2 is 2.25 bits per heavy atom. The second-order valence-electron chi connectivity index (χ2n) is 2.16. The van der Waals surface area contributed by atoms with Crippen molar-refractivity contribution in [2.24, 2.45) is 0 Å². The molecule has 5 heteroatoms. The van der Waals surface area contributed by atoms with Crippen molar-refractivity contribution >= 4 is 52.2 Å². The van der Waals surface area contributed by atoms with Gasteiger partial charge in [0.15, 0.2) is 0 Å². The van der Waals surface area contributed by atoms with E-state index in [1.807, 2.05) is 22.9 Å². The molecule has 2 nitrogen and oxygen atoms in total. The summed E-state index contributed by atoms with van der Waals surface area (Å²) in [5.41, 5.74) is 0.954. The number of nitrogens with zero attached hydrogens (tertiary/aromatic N) is 2. The summed E-state index contributed by atoms with van der Waals surface area (Å²) in [4.78, 5) is 4.16. The van der Waals surface area contributed by atoms with Crippen LogP contribution in [0.5, 0.6) is 0 Å². The minimum Gasteiger partial charge on any atom is -0.305 e. The minimum absolute atomic E-state index is 0. The first-order valence-corrected chi connectivity index (χ1v) is 4.51. The molecule has 64 valence electrons. The monoisotopic (exact) mass is 314 g/mol. The summed E-state index contributed by atoms with van der Waals surface area (Å²) < 4.78 is 2.98. The lowest BCUT2D eigenvalue weighted by molar-refractivity contribution is 1.18. The van der Waals surface area contributed by atoms with Gasteiger partial charge >= 0.3 is 0 Å². The van der Waals surface area contributed by atoms with E-state index in [1.54, 1.807) is 6.20 Å². The third kappa shape index (κ3) is 1.67. The standard InChI is InChI=1S/C7H4ClIN2.ClH/c8-5-3-6(9)7-10-1-2-11(7)4-5;/h1-4H;1H. The van der Waals surface area contributed by atoms with Crippen LogP contribution in [0.2, 0.25) is 5.02 Å². The van der Waals surface area contributed by atoms with Crippen LogP contribution in [0.3, 0.4) is 0 Å². The average Bonchev–Trinajstić information content (AvgIpc) is 2.34. The molecule has 0 bridgehead atoms. The quantitative estimate of drug-likeness (QED) is 0.683. The minimum atomic E-state index is 0. The maximum Gasteiger partial charge on any atom is 0.150 e. The van der Waals surface area contributed by atoms with Gasteiger partial charge in [0.1, 0.15) is 5.65 Å². The molecular weight excluding hydrogens is 310 g/mol. The van der Waals surface area contributed by atoms with Crippen molar-refractivity contribution in [1.82, 2.24) is 9.38 Å². The highest BCUT2D eigenvalue weighted by molar-refractivity contribution is 14.1. The first kappa shape index (κ1) is 10.1. The zero-order valence-electron chi connectivity index (χ0n) is 5.87. The molecule has 2 aromatic heterocycles. The first-order chi connectivity index (χ1) is 5.27. The Morgan fingerprint density at radius 1 is 1.50 bits per heavy atom. The molecule has 0 N–H and O–H groups in total. The van der Waals surface area contributed by atoms with Crippen LogP contribution in [0.15, 0.2) is 24.7 Å². The Hall–Kier alpha value is -0.000000000000000167. The van der Waals surface area contributed by atoms with E-state index in [9.17, 15) is 0 Å². The lowest BCUT2D eigenvalue weighted by atomic mass is 10.5. The number of aromatic nitrogens is 2. The van der Waals surface area contributed by atoms with E-state index in [0.717, 1.165) is 14.2 Å². The average molecular weight is 315 g/mol. The summed E-state index contributed by atoms with van der Waals surface area (Å²) in [5, 5.41) is 0.736. The van der Waals surface area contributed by atoms with Crippen molar-refractivity contribution in [2.75, 3.05) is 0 Å². The number of pyridine rings is 1. The van der Waals surface area contributed by atoms with Gasteiger partial charge < -0.3 is 4.40 Å². The van der Waals surface area contributed by atoms with Crippen molar-refractivity contribution < 1.29 is 0 Å². The molecule has 0 atom stereocenters. The van der Waals surface area contributed by atoms with E-state index in [4.69, 9.17) is 11.6 Å². The predicted octanol–water partition coefficient (Wildman–Crippen LogP) is 3.01. The number of imidazole rings is 1. The van der Waals surface area contributed by atoms with Gasteiger partial charge in [0.2, 0.25) is 0 Å². The van der Waals surface area contributed by atoms with E-state index < -0.39 is 0 Å². The normalized spacial score (nSPS) is 9.83. The van der Waals surface area contributed by atoms with Gasteiger partial charge in [0.25, 0.3) is 0 Å². The molecular formula is C7H5Cl2IN2. The SMILES string of the molecule is Cl.Clc1cc(I)c2nccn2c1. The van der Waals surface area contributed by atoms with E-state index in [0.29, 0.717) is 0 Å². The number of fused-ring (bicyclic) bond motifs is 1. The topological polar surface area (TPSA) is 17.3 Å². The van der Waals surface area contributed by atoms with Crippen LogP contribution in [0.4, 0.5) is 0 Å². The largest absolute Gasteiger partial charge is 0.305 e. The van der Waals surface area contributed by atoms with Crippen LogP contribution in [0.1, 0.15) is 0 Å². The fourth-order valence-electron chi connectivity index (χ4n) is 0.958. The number of hydrogen-bond acceptors (Lipinski definition) is 1. The zero-order valence-corrected chi connectivity index (χ0v) is 9.60. The van der Waals surface area contributed by atoms with E-state index in [-0.39, 0.29) is 12.4 Å². The van der Waals surface area contributed by atoms with Crippen LogP contribution in [-0.2, 0) is 0 Å². The molecule has 0 unspecified atom stereocenters. The molecule has 0 saturated heterocycles. The Morgan fingerprint density at radius 3 is 3.00 bits per heavy atom. The van der Waals surface area contributed by atoms with Crippen molar-refractivity contribution in [3.63, 3.8) is 0 Å². The van der Waals surface area contributed by atoms with Gasteiger partial charge in [-0.1, -0.05) is 11.6 Å². The molecule has 0 spiro atoms. The summed E-state index contributed by atoms with van der Waals surface area (Å²) >= 11 is 8.04. The van der Waals surface area contributed by atoms with Crippen molar-refractivity contribution in [3.05, 3.63) is 33.2 Å². The van der Waals surface area contributed by atoms with Crippen LogP contribution in [-0.4, -0.2) is 9.38 Å². The fraction of sp³-hybridized carbons (Fsp3) is 0. The van der Waals surface area contributed by atoms with Crippen LogP contribution in [0, 0.1) is 3.57 Å². The van der Waals surface area contributed by atoms with Gasteiger partial charge in [0, 0.05) is 18.6 Å². The van der Waals surface area contributed by atoms with Gasteiger partial charge in [-0.25, -0.2) is 4.98 Å². The number of hydrogen-bond donors (Lipinski definition) is 0. The Labute approximate surface area is 94.5 Å². The van der Waals surface area contributed by atoms with Crippen molar-refractivity contribution in [3.8, 4) is 0 Å². The lowest BCUT2D eigenvalue weighted by Gasteiger charge is -1.96. The van der Waals surface area contributed by atoms with Crippen molar-refractivity contribution in [1.29, 1.82) is 0 Å². The Balaban J connectivity index is 0.000000720. The fourth-order valence-corrected chi connectivity index (χ4v) is 2.11. The zero-order chi connectivity index (χ0) is 7.84. The second-order valence-corrected chi connectivity index (χ2v) is 3.76. The number of rotatable bonds is 0. The highest BCUT2D eigenvalue weighted by Gasteiger charge is 1.99. The maximum atomic E-state index is 5.83. The van der Waals surface area contributed by atoms with E-state index in [1.165, 1.54) is 0 Å². The van der Waals surface area contributed by atoms with Gasteiger partial charge in [-0.05, 0) is 28.7 Å². The first-order valence-electron chi connectivity index (χ1n) is 3.05. The summed E-state index contributed by atoms with van der Waals surface area (Å²) in [6, 6.07) is 1.89. The molecule has 12 heavy (non-hydrogen) atoms. The Kier molecular flexibility index (Phi) is 3.20. The smallest absolute Gasteiger partial charge is 0.150 e. The molecule has 2 aromatic rings. The summed E-state index contributed by atoms with van der Waals surface area (Å²) in [6.07, 6.45) is 5.48. The second kappa shape index (κ2) is 3.81. The predicted molar refractivity (Wildman–Crippen MR) is 60.2 cm³/mol. The highest BCUT2D eigenvalue weighted by Crippen LogP contribution is 2.17. The van der Waals surface area contributed by atoms with Crippen LogP contribution >= 0.6 is 46.6 Å². The molecule has 0 fully saturated rings. The number of halogens is 3.